The van der Waals surface area contributed by atoms with Gasteiger partial charge in [-0.15, -0.1) is 0 Å². The van der Waals surface area contributed by atoms with Gasteiger partial charge in [-0.2, -0.15) is 0 Å². The summed E-state index contributed by atoms with van der Waals surface area (Å²) in [6.45, 7) is 6.91. The van der Waals surface area contributed by atoms with Crippen molar-refractivity contribution >= 4 is 0 Å². The second kappa shape index (κ2) is 4.66. The largest absolute Gasteiger partial charge is 0.388 e. The summed E-state index contributed by atoms with van der Waals surface area (Å²) in [6.07, 6.45) is 9.49. The molecule has 1 aromatic rings. The van der Waals surface area contributed by atoms with Crippen molar-refractivity contribution < 1.29 is 5.11 Å². The van der Waals surface area contributed by atoms with E-state index in [0.717, 1.165) is 18.8 Å². The van der Waals surface area contributed by atoms with E-state index in [4.69, 9.17) is 0 Å². The van der Waals surface area contributed by atoms with Crippen LogP contribution in [0.2, 0.25) is 0 Å². The van der Waals surface area contributed by atoms with E-state index < -0.39 is 0 Å². The molecule has 0 aromatic carbocycles. The van der Waals surface area contributed by atoms with Crippen LogP contribution in [0.1, 0.15) is 76.3 Å². The number of fused-ring (bicyclic) bond motifs is 1. The zero-order valence-corrected chi connectivity index (χ0v) is 12.5. The Morgan fingerprint density at radius 1 is 1.32 bits per heavy atom. The molecular formula is C17H27NO. The fourth-order valence-electron chi connectivity index (χ4n) is 4.20. The van der Waals surface area contributed by atoms with Crippen LogP contribution >= 0.6 is 0 Å². The van der Waals surface area contributed by atoms with Crippen molar-refractivity contribution in [1.29, 1.82) is 0 Å². The molecule has 2 unspecified atom stereocenters. The zero-order chi connectivity index (χ0) is 13.6. The van der Waals surface area contributed by atoms with Crippen LogP contribution in [-0.4, -0.2) is 9.67 Å². The van der Waals surface area contributed by atoms with Crippen LogP contribution in [0, 0.1) is 11.3 Å². The minimum atomic E-state index is -0.268. The molecule has 0 bridgehead atoms. The summed E-state index contributed by atoms with van der Waals surface area (Å²) in [5, 5.41) is 10.3. The highest BCUT2D eigenvalue weighted by atomic mass is 16.3. The summed E-state index contributed by atoms with van der Waals surface area (Å²) in [5.74, 6) is 0.832. The third-order valence-electron chi connectivity index (χ3n) is 5.33. The Bertz CT molecular complexity index is 454. The molecule has 2 aliphatic rings. The fourth-order valence-corrected chi connectivity index (χ4v) is 4.20. The van der Waals surface area contributed by atoms with Gasteiger partial charge in [-0.3, -0.25) is 0 Å². The minimum absolute atomic E-state index is 0.220. The van der Waals surface area contributed by atoms with E-state index in [1.54, 1.807) is 0 Å². The zero-order valence-electron chi connectivity index (χ0n) is 12.5. The third kappa shape index (κ3) is 2.35. The van der Waals surface area contributed by atoms with E-state index in [-0.39, 0.29) is 11.5 Å². The first kappa shape index (κ1) is 13.2. The molecule has 0 aliphatic heterocycles. The lowest BCUT2D eigenvalue weighted by Gasteiger charge is -2.35. The molecule has 1 aromatic heterocycles. The standard InChI is InChI=1S/C17H27NO/c1-12(13-6-4-5-7-13)18-9-8-14-15(18)10-17(2,3)11-16(14)19/h8-9,12-13,16,19H,4-7,10-11H2,1-3H3. The number of aromatic nitrogens is 1. The highest BCUT2D eigenvalue weighted by molar-refractivity contribution is 5.29. The predicted molar refractivity (Wildman–Crippen MR) is 78.2 cm³/mol. The predicted octanol–water partition coefficient (Wildman–Crippen LogP) is 4.25. The van der Waals surface area contributed by atoms with Gasteiger partial charge in [-0.1, -0.05) is 26.7 Å². The lowest BCUT2D eigenvalue weighted by atomic mass is 9.75. The van der Waals surface area contributed by atoms with Gasteiger partial charge in [0.05, 0.1) is 6.10 Å². The van der Waals surface area contributed by atoms with Gasteiger partial charge >= 0.3 is 0 Å². The number of aliphatic hydroxyl groups excluding tert-OH is 1. The van der Waals surface area contributed by atoms with E-state index in [2.05, 4.69) is 37.6 Å². The van der Waals surface area contributed by atoms with Crippen LogP contribution in [0.25, 0.3) is 0 Å². The molecule has 0 spiro atoms. The Morgan fingerprint density at radius 3 is 2.68 bits per heavy atom. The molecule has 1 saturated carbocycles. The van der Waals surface area contributed by atoms with E-state index in [1.165, 1.54) is 36.9 Å². The van der Waals surface area contributed by atoms with Crippen molar-refractivity contribution in [3.63, 3.8) is 0 Å². The molecular weight excluding hydrogens is 234 g/mol. The van der Waals surface area contributed by atoms with Gasteiger partial charge < -0.3 is 9.67 Å². The normalized spacial score (nSPS) is 28.3. The molecule has 0 radical (unpaired) electrons. The van der Waals surface area contributed by atoms with E-state index in [9.17, 15) is 5.11 Å². The van der Waals surface area contributed by atoms with Gasteiger partial charge in [0.25, 0.3) is 0 Å². The first-order valence-corrected chi connectivity index (χ1v) is 7.85. The van der Waals surface area contributed by atoms with Crippen molar-refractivity contribution in [3.05, 3.63) is 23.5 Å². The monoisotopic (exact) mass is 261 g/mol. The van der Waals surface area contributed by atoms with Crippen LogP contribution in [-0.2, 0) is 6.42 Å². The smallest absolute Gasteiger partial charge is 0.0812 e. The summed E-state index contributed by atoms with van der Waals surface area (Å²) in [7, 11) is 0. The molecule has 19 heavy (non-hydrogen) atoms. The maximum atomic E-state index is 10.3. The fraction of sp³-hybridized carbons (Fsp3) is 0.765. The summed E-state index contributed by atoms with van der Waals surface area (Å²) >= 11 is 0. The lowest BCUT2D eigenvalue weighted by Crippen LogP contribution is -2.28. The maximum absolute atomic E-state index is 10.3. The molecule has 3 rings (SSSR count). The average Bonchev–Trinajstić information content (AvgIpc) is 2.94. The van der Waals surface area contributed by atoms with Crippen LogP contribution in [0.3, 0.4) is 0 Å². The Morgan fingerprint density at radius 2 is 2.00 bits per heavy atom. The summed E-state index contributed by atoms with van der Waals surface area (Å²) in [4.78, 5) is 0. The van der Waals surface area contributed by atoms with Gasteiger partial charge in [-0.05, 0) is 50.0 Å². The highest BCUT2D eigenvalue weighted by Gasteiger charge is 2.35. The quantitative estimate of drug-likeness (QED) is 0.846. The third-order valence-corrected chi connectivity index (χ3v) is 5.33. The van der Waals surface area contributed by atoms with Gasteiger partial charge in [0.2, 0.25) is 0 Å². The van der Waals surface area contributed by atoms with Crippen molar-refractivity contribution in [2.75, 3.05) is 0 Å². The molecule has 106 valence electrons. The molecule has 1 heterocycles. The number of hydrogen-bond acceptors (Lipinski definition) is 1. The SMILES string of the molecule is CC(C1CCCC1)n1ccc2c1CC(C)(C)CC2O. The van der Waals surface area contributed by atoms with Gasteiger partial charge in [-0.25, -0.2) is 0 Å². The molecule has 2 aliphatic carbocycles. The molecule has 1 fully saturated rings. The van der Waals surface area contributed by atoms with Crippen molar-refractivity contribution in [2.45, 2.75) is 71.4 Å². The summed E-state index contributed by atoms with van der Waals surface area (Å²) in [6, 6.07) is 2.74. The van der Waals surface area contributed by atoms with Crippen molar-refractivity contribution in [1.82, 2.24) is 4.57 Å². The van der Waals surface area contributed by atoms with E-state index in [1.807, 2.05) is 0 Å². The van der Waals surface area contributed by atoms with E-state index >= 15 is 0 Å². The molecule has 2 nitrogen and oxygen atoms in total. The molecule has 2 atom stereocenters. The number of rotatable bonds is 2. The van der Waals surface area contributed by atoms with Crippen LogP contribution in [0.5, 0.6) is 0 Å². The first-order chi connectivity index (χ1) is 8.98. The Kier molecular flexibility index (Phi) is 3.24. The van der Waals surface area contributed by atoms with Gasteiger partial charge in [0.15, 0.2) is 0 Å². The van der Waals surface area contributed by atoms with Crippen molar-refractivity contribution in [3.8, 4) is 0 Å². The topological polar surface area (TPSA) is 25.2 Å². The number of aliphatic hydroxyl groups is 1. The lowest BCUT2D eigenvalue weighted by molar-refractivity contribution is 0.0970. The Hall–Kier alpha value is -0.760. The minimum Gasteiger partial charge on any atom is -0.388 e. The second-order valence-corrected chi connectivity index (χ2v) is 7.47. The van der Waals surface area contributed by atoms with Crippen molar-refractivity contribution in [2.24, 2.45) is 11.3 Å². The first-order valence-electron chi connectivity index (χ1n) is 7.85. The number of nitrogens with zero attached hydrogens (tertiary/aromatic N) is 1. The highest BCUT2D eigenvalue weighted by Crippen LogP contribution is 2.43. The molecule has 1 N–H and O–H groups in total. The Labute approximate surface area is 116 Å². The number of hydrogen-bond donors (Lipinski definition) is 1. The van der Waals surface area contributed by atoms with Crippen LogP contribution < -0.4 is 0 Å². The average molecular weight is 261 g/mol. The second-order valence-electron chi connectivity index (χ2n) is 7.47. The maximum Gasteiger partial charge on any atom is 0.0812 e. The van der Waals surface area contributed by atoms with Gasteiger partial charge in [0, 0.05) is 23.5 Å². The van der Waals surface area contributed by atoms with Gasteiger partial charge in [0.1, 0.15) is 0 Å². The van der Waals surface area contributed by atoms with E-state index in [0.29, 0.717) is 6.04 Å². The molecule has 2 heteroatoms. The summed E-state index contributed by atoms with van der Waals surface area (Å²) in [5.41, 5.74) is 2.80. The van der Waals surface area contributed by atoms with Crippen LogP contribution in [0.4, 0.5) is 0 Å². The Balaban J connectivity index is 1.92. The van der Waals surface area contributed by atoms with Crippen LogP contribution in [0.15, 0.2) is 12.3 Å². The summed E-state index contributed by atoms with van der Waals surface area (Å²) < 4.78 is 2.47. The molecule has 0 saturated heterocycles. The molecule has 0 amide bonds.